The summed E-state index contributed by atoms with van der Waals surface area (Å²) in [6.07, 6.45) is 2.76. The summed E-state index contributed by atoms with van der Waals surface area (Å²) in [4.78, 5) is 12.5. The molecule has 0 amide bonds. The molecule has 0 bridgehead atoms. The van der Waals surface area contributed by atoms with Gasteiger partial charge in [0.15, 0.2) is 5.69 Å². The van der Waals surface area contributed by atoms with Crippen LogP contribution in [0.5, 0.6) is 0 Å². The Labute approximate surface area is 99.3 Å². The minimum absolute atomic E-state index is 0.117. The van der Waals surface area contributed by atoms with Crippen LogP contribution in [0.15, 0.2) is 35.4 Å². The molecule has 0 radical (unpaired) electrons. The highest BCUT2D eigenvalue weighted by atomic mass is 32.2. The van der Waals surface area contributed by atoms with Crippen molar-refractivity contribution in [3.05, 3.63) is 36.2 Å². The van der Waals surface area contributed by atoms with Crippen molar-refractivity contribution in [3.8, 4) is 5.69 Å². The highest BCUT2D eigenvalue weighted by Gasteiger charge is 2.09. The van der Waals surface area contributed by atoms with Crippen molar-refractivity contribution in [1.29, 1.82) is 0 Å². The smallest absolute Gasteiger partial charge is 0.358 e. The predicted molar refractivity (Wildman–Crippen MR) is 60.7 cm³/mol. The maximum atomic E-state index is 11.2. The topological polar surface area (TPSA) is 85.1 Å². The van der Waals surface area contributed by atoms with Gasteiger partial charge in [-0.25, -0.2) is 4.79 Å². The molecule has 1 aromatic carbocycles. The molecule has 1 heterocycles. The lowest BCUT2D eigenvalue weighted by atomic mass is 10.3. The van der Waals surface area contributed by atoms with Gasteiger partial charge in [-0.15, -0.1) is 5.10 Å². The van der Waals surface area contributed by atoms with Crippen molar-refractivity contribution in [2.45, 2.75) is 4.90 Å². The van der Waals surface area contributed by atoms with Crippen LogP contribution in [0.4, 0.5) is 0 Å². The van der Waals surface area contributed by atoms with E-state index in [1.807, 2.05) is 0 Å². The second kappa shape index (κ2) is 4.46. The Kier molecular flexibility index (Phi) is 3.01. The Morgan fingerprint density at radius 2 is 2.00 bits per heavy atom. The van der Waals surface area contributed by atoms with Crippen LogP contribution in [0.1, 0.15) is 10.5 Å². The standard InChI is InChI=1S/C10H9N3O3S/c1-17(16)8-4-2-7(3-5-8)13-11-6-9(12-13)10(14)15/h2-6H,1H3,(H,14,15). The quantitative estimate of drug-likeness (QED) is 0.868. The SMILES string of the molecule is CS(=O)c1ccc(-n2ncc(C(=O)O)n2)cc1. The van der Waals surface area contributed by atoms with Crippen LogP contribution in [0.25, 0.3) is 5.69 Å². The summed E-state index contributed by atoms with van der Waals surface area (Å²) in [5, 5.41) is 16.3. The molecule has 6 nitrogen and oxygen atoms in total. The molecule has 0 saturated heterocycles. The van der Waals surface area contributed by atoms with E-state index in [2.05, 4.69) is 10.2 Å². The fraction of sp³-hybridized carbons (Fsp3) is 0.100. The zero-order chi connectivity index (χ0) is 12.4. The van der Waals surface area contributed by atoms with Gasteiger partial charge < -0.3 is 5.11 Å². The summed E-state index contributed by atoms with van der Waals surface area (Å²) in [7, 11) is -1.04. The number of benzene rings is 1. The maximum absolute atomic E-state index is 11.2. The third-order valence-corrected chi connectivity index (χ3v) is 3.05. The van der Waals surface area contributed by atoms with Crippen LogP contribution in [-0.2, 0) is 10.8 Å². The highest BCUT2D eigenvalue weighted by Crippen LogP contribution is 2.10. The first-order chi connectivity index (χ1) is 8.08. The van der Waals surface area contributed by atoms with Crippen LogP contribution >= 0.6 is 0 Å². The first-order valence-electron chi connectivity index (χ1n) is 4.67. The normalized spacial score (nSPS) is 12.3. The molecule has 0 spiro atoms. The molecule has 1 atom stereocenters. The Hall–Kier alpha value is -2.02. The van der Waals surface area contributed by atoms with Gasteiger partial charge in [-0.2, -0.15) is 9.90 Å². The Morgan fingerprint density at radius 3 is 2.47 bits per heavy atom. The lowest BCUT2D eigenvalue weighted by molar-refractivity contribution is 0.0690. The molecule has 0 aliphatic heterocycles. The molecular weight excluding hydrogens is 242 g/mol. The van der Waals surface area contributed by atoms with Gasteiger partial charge in [0, 0.05) is 22.0 Å². The second-order valence-electron chi connectivity index (χ2n) is 3.27. The number of nitrogens with zero attached hydrogens (tertiary/aromatic N) is 3. The average molecular weight is 251 g/mol. The molecule has 1 N–H and O–H groups in total. The third-order valence-electron chi connectivity index (χ3n) is 2.11. The van der Waals surface area contributed by atoms with Crippen LogP contribution < -0.4 is 0 Å². The molecular formula is C10H9N3O3S. The van der Waals surface area contributed by atoms with Gasteiger partial charge in [0.25, 0.3) is 0 Å². The zero-order valence-electron chi connectivity index (χ0n) is 8.90. The molecule has 0 saturated carbocycles. The zero-order valence-corrected chi connectivity index (χ0v) is 9.72. The second-order valence-corrected chi connectivity index (χ2v) is 4.65. The van der Waals surface area contributed by atoms with Crippen LogP contribution in [-0.4, -0.2) is 36.5 Å². The summed E-state index contributed by atoms with van der Waals surface area (Å²) in [5.74, 6) is -1.12. The number of hydrogen-bond acceptors (Lipinski definition) is 4. The van der Waals surface area contributed by atoms with Crippen molar-refractivity contribution in [3.63, 3.8) is 0 Å². The van der Waals surface area contributed by atoms with E-state index in [0.717, 1.165) is 0 Å². The molecule has 1 aromatic heterocycles. The van der Waals surface area contributed by atoms with Crippen molar-refractivity contribution in [1.82, 2.24) is 15.0 Å². The maximum Gasteiger partial charge on any atom is 0.358 e. The van der Waals surface area contributed by atoms with E-state index >= 15 is 0 Å². The Bertz CT molecular complexity index is 577. The van der Waals surface area contributed by atoms with Gasteiger partial charge >= 0.3 is 5.97 Å². The average Bonchev–Trinajstić information content (AvgIpc) is 2.78. The number of rotatable bonds is 3. The van der Waals surface area contributed by atoms with Crippen molar-refractivity contribution < 1.29 is 14.1 Å². The van der Waals surface area contributed by atoms with Crippen LogP contribution in [0.3, 0.4) is 0 Å². The van der Waals surface area contributed by atoms with E-state index < -0.39 is 16.8 Å². The minimum atomic E-state index is -1.12. The summed E-state index contributed by atoms with van der Waals surface area (Å²) in [5.41, 5.74) is 0.500. The minimum Gasteiger partial charge on any atom is -0.476 e. The summed E-state index contributed by atoms with van der Waals surface area (Å²) in [6, 6.07) is 6.75. The fourth-order valence-corrected chi connectivity index (χ4v) is 1.78. The molecule has 1 unspecified atom stereocenters. The molecule has 0 aliphatic rings. The van der Waals surface area contributed by atoms with Crippen LogP contribution in [0, 0.1) is 0 Å². The summed E-state index contributed by atoms with van der Waals surface area (Å²) in [6.45, 7) is 0. The lowest BCUT2D eigenvalue weighted by Crippen LogP contribution is -2.02. The lowest BCUT2D eigenvalue weighted by Gasteiger charge is -2.00. The first kappa shape index (κ1) is 11.5. The number of aromatic carboxylic acids is 1. The number of hydrogen-bond donors (Lipinski definition) is 1. The molecule has 2 aromatic rings. The molecule has 7 heteroatoms. The summed E-state index contributed by atoms with van der Waals surface area (Å²) < 4.78 is 11.2. The largest absolute Gasteiger partial charge is 0.476 e. The number of carboxylic acids is 1. The fourth-order valence-electron chi connectivity index (χ4n) is 1.26. The van der Waals surface area contributed by atoms with E-state index in [-0.39, 0.29) is 5.69 Å². The molecule has 0 aliphatic carbocycles. The van der Waals surface area contributed by atoms with Crippen LogP contribution in [0.2, 0.25) is 0 Å². The van der Waals surface area contributed by atoms with Crippen molar-refractivity contribution in [2.75, 3.05) is 6.26 Å². The predicted octanol–water partition coefficient (Wildman–Crippen LogP) is 0.703. The van der Waals surface area contributed by atoms with E-state index in [0.29, 0.717) is 10.6 Å². The van der Waals surface area contributed by atoms with Gasteiger partial charge in [-0.3, -0.25) is 4.21 Å². The highest BCUT2D eigenvalue weighted by molar-refractivity contribution is 7.84. The Balaban J connectivity index is 2.33. The van der Waals surface area contributed by atoms with Gasteiger partial charge in [-0.1, -0.05) is 0 Å². The van der Waals surface area contributed by atoms with E-state index in [1.54, 1.807) is 30.5 Å². The van der Waals surface area contributed by atoms with E-state index in [1.165, 1.54) is 11.0 Å². The molecule has 17 heavy (non-hydrogen) atoms. The number of carbonyl (C=O) groups is 1. The Morgan fingerprint density at radius 1 is 1.35 bits per heavy atom. The van der Waals surface area contributed by atoms with Crippen molar-refractivity contribution >= 4 is 16.8 Å². The van der Waals surface area contributed by atoms with E-state index in [4.69, 9.17) is 5.11 Å². The van der Waals surface area contributed by atoms with Crippen molar-refractivity contribution in [2.24, 2.45) is 0 Å². The monoisotopic (exact) mass is 251 g/mol. The first-order valence-corrected chi connectivity index (χ1v) is 6.23. The molecule has 2 rings (SSSR count). The molecule has 0 fully saturated rings. The molecule has 88 valence electrons. The van der Waals surface area contributed by atoms with Gasteiger partial charge in [0.1, 0.15) is 0 Å². The van der Waals surface area contributed by atoms with Gasteiger partial charge in [-0.05, 0) is 24.3 Å². The van der Waals surface area contributed by atoms with Gasteiger partial charge in [0.2, 0.25) is 0 Å². The number of carboxylic acid groups (broad SMARTS) is 1. The third kappa shape index (κ3) is 2.39. The summed E-state index contributed by atoms with van der Waals surface area (Å²) >= 11 is 0. The van der Waals surface area contributed by atoms with E-state index in [9.17, 15) is 9.00 Å². The number of aromatic nitrogens is 3. The van der Waals surface area contributed by atoms with Gasteiger partial charge in [0.05, 0.1) is 11.9 Å².